The summed E-state index contributed by atoms with van der Waals surface area (Å²) in [6.45, 7) is 4.93. The maximum atomic E-state index is 2.61. The molecule has 0 unspecified atom stereocenters. The fourth-order valence-corrected chi connectivity index (χ4v) is 12.6. The maximum absolute atomic E-state index is 2.61. The van der Waals surface area contributed by atoms with Gasteiger partial charge in [-0.25, -0.2) is 0 Å². The highest BCUT2D eigenvalue weighted by molar-refractivity contribution is 6.14. The molecule has 0 radical (unpaired) electrons. The monoisotopic (exact) mass is 864 g/mol. The number of aromatic nitrogens is 1. The lowest BCUT2D eigenvalue weighted by molar-refractivity contribution is 0.630. The molecule has 14 rings (SSSR count). The molecule has 0 bridgehead atoms. The summed E-state index contributed by atoms with van der Waals surface area (Å²) < 4.78 is 2.61. The molecule has 1 aliphatic carbocycles. The summed E-state index contributed by atoms with van der Waals surface area (Å²) >= 11 is 0. The molecule has 9 aromatic rings. The zero-order valence-corrected chi connectivity index (χ0v) is 38.3. The molecule has 0 saturated heterocycles. The number of hydrogen-bond acceptors (Lipinski definition) is 3. The van der Waals surface area contributed by atoms with Gasteiger partial charge in [-0.15, -0.1) is 0 Å². The molecule has 5 aliphatic rings. The van der Waals surface area contributed by atoms with Crippen molar-refractivity contribution in [3.8, 4) is 5.69 Å². The minimum absolute atomic E-state index is 0.348. The Morgan fingerprint density at radius 2 is 0.851 bits per heavy atom. The maximum Gasteiger partial charge on any atom is 0.0583 e. The molecule has 0 saturated carbocycles. The number of allylic oxidation sites excluding steroid dienone is 3. The lowest BCUT2D eigenvalue weighted by Crippen LogP contribution is -2.27. The van der Waals surface area contributed by atoms with Crippen LogP contribution in [0.25, 0.3) is 27.5 Å². The second-order valence-electron chi connectivity index (χ2n) is 19.8. The predicted octanol–water partition coefficient (Wildman–Crippen LogP) is 16.2. The van der Waals surface area contributed by atoms with E-state index in [2.05, 4.69) is 215 Å². The van der Waals surface area contributed by atoms with Crippen LogP contribution in [0.4, 0.5) is 45.5 Å². The van der Waals surface area contributed by atoms with Crippen LogP contribution in [0.15, 0.2) is 193 Å². The molecule has 0 spiro atoms. The summed E-state index contributed by atoms with van der Waals surface area (Å²) in [4.78, 5) is 7.67. The van der Waals surface area contributed by atoms with Gasteiger partial charge in [-0.2, -0.15) is 0 Å². The molecule has 8 aromatic carbocycles. The summed E-state index contributed by atoms with van der Waals surface area (Å²) in [6, 6.07) is 65.0. The molecule has 0 N–H and O–H groups in total. The Hall–Kier alpha value is -7.56. The van der Waals surface area contributed by atoms with Crippen molar-refractivity contribution < 1.29 is 0 Å². The highest BCUT2D eigenvalue weighted by Crippen LogP contribution is 2.54. The van der Waals surface area contributed by atoms with Gasteiger partial charge in [-0.3, -0.25) is 0 Å². The van der Waals surface area contributed by atoms with Crippen molar-refractivity contribution in [2.45, 2.75) is 70.6 Å². The lowest BCUT2D eigenvalue weighted by atomic mass is 9.74. The van der Waals surface area contributed by atoms with E-state index >= 15 is 0 Å². The standard InChI is InChI=1S/C63H52N4/c1-63(2)52-39-48(65-56-23-11-5-17-43(56)29-30-44-18-6-12-24-57(44)65)34-36-61(52)67-60-35-33-47(64-54-21-9-3-15-41(54)27-28-42-16-4-10-22-55(42)64)37-50(60)51-38-49(40-53(63)62(51)67)66-58-25-13-7-19-45(58)31-32-46-20-8-14-26-59(46)66/h3,5-15,17-26,33-40H,4,16,27-32H2,1-2H3. The SMILES string of the molecule is CC1(C)c2cc(N3c4ccccc4CCc4ccccc43)ccc2-n2c3ccc(N4C5=C(CCC=C5)CCc5ccccc54)cc3c3cc(N4c5ccccc5CCc5ccccc54)cc1c32. The van der Waals surface area contributed by atoms with Crippen LogP contribution in [0, 0.1) is 0 Å². The summed E-state index contributed by atoms with van der Waals surface area (Å²) in [5.41, 5.74) is 26.0. The highest BCUT2D eigenvalue weighted by Gasteiger charge is 2.38. The smallest absolute Gasteiger partial charge is 0.0583 e. The van der Waals surface area contributed by atoms with Gasteiger partial charge in [0.25, 0.3) is 0 Å². The molecule has 4 aliphatic heterocycles. The Morgan fingerprint density at radius 3 is 1.43 bits per heavy atom. The molecule has 0 atom stereocenters. The Kier molecular flexibility index (Phi) is 8.50. The van der Waals surface area contributed by atoms with Crippen LogP contribution in [-0.4, -0.2) is 4.57 Å². The normalized spacial score (nSPS) is 16.5. The summed E-state index contributed by atoms with van der Waals surface area (Å²) in [5, 5.41) is 2.57. The topological polar surface area (TPSA) is 14.7 Å². The average molecular weight is 865 g/mol. The summed E-state index contributed by atoms with van der Waals surface area (Å²) in [5.74, 6) is 0. The van der Waals surface area contributed by atoms with E-state index in [-0.39, 0.29) is 5.41 Å². The van der Waals surface area contributed by atoms with Crippen LogP contribution in [-0.2, 0) is 37.5 Å². The van der Waals surface area contributed by atoms with Gasteiger partial charge in [0, 0.05) is 67.4 Å². The van der Waals surface area contributed by atoms with E-state index in [0.717, 1.165) is 51.4 Å². The number of hydrogen-bond donors (Lipinski definition) is 0. The Morgan fingerprint density at radius 1 is 0.388 bits per heavy atom. The predicted molar refractivity (Wildman–Crippen MR) is 279 cm³/mol. The summed E-state index contributed by atoms with van der Waals surface area (Å²) in [7, 11) is 0. The van der Waals surface area contributed by atoms with Crippen LogP contribution in [0.1, 0.15) is 72.1 Å². The van der Waals surface area contributed by atoms with Crippen molar-refractivity contribution in [3.63, 3.8) is 0 Å². The first-order chi connectivity index (χ1) is 33.0. The number of fused-ring (bicyclic) bond motifs is 10. The van der Waals surface area contributed by atoms with Gasteiger partial charge in [0.15, 0.2) is 0 Å². The molecule has 0 fully saturated rings. The van der Waals surface area contributed by atoms with E-state index in [0.29, 0.717) is 0 Å². The first-order valence-corrected chi connectivity index (χ1v) is 24.5. The molecule has 4 heteroatoms. The number of para-hydroxylation sites is 5. The number of benzene rings is 8. The third-order valence-corrected chi connectivity index (χ3v) is 15.8. The quantitative estimate of drug-likeness (QED) is 0.176. The average Bonchev–Trinajstić information content (AvgIpc) is 3.49. The van der Waals surface area contributed by atoms with E-state index in [1.807, 2.05) is 0 Å². The second-order valence-corrected chi connectivity index (χ2v) is 19.8. The molecule has 5 heterocycles. The van der Waals surface area contributed by atoms with Gasteiger partial charge >= 0.3 is 0 Å². The van der Waals surface area contributed by atoms with Crippen LogP contribution < -0.4 is 14.7 Å². The molecular formula is C63H52N4. The molecule has 324 valence electrons. The number of aryl methyl sites for hydroxylation is 5. The van der Waals surface area contributed by atoms with Gasteiger partial charge in [0.1, 0.15) is 0 Å². The molecule has 4 nitrogen and oxygen atoms in total. The van der Waals surface area contributed by atoms with Crippen LogP contribution in [0.5, 0.6) is 0 Å². The van der Waals surface area contributed by atoms with Gasteiger partial charge < -0.3 is 19.3 Å². The van der Waals surface area contributed by atoms with Crippen LogP contribution in [0.3, 0.4) is 0 Å². The van der Waals surface area contributed by atoms with Gasteiger partial charge in [-0.05, 0) is 181 Å². The molecule has 0 amide bonds. The Balaban J connectivity index is 1.05. The van der Waals surface area contributed by atoms with Crippen molar-refractivity contribution in [1.29, 1.82) is 0 Å². The zero-order chi connectivity index (χ0) is 44.4. The van der Waals surface area contributed by atoms with E-state index in [1.54, 1.807) is 5.57 Å². The first kappa shape index (κ1) is 38.7. The van der Waals surface area contributed by atoms with Crippen molar-refractivity contribution >= 4 is 67.3 Å². The van der Waals surface area contributed by atoms with Gasteiger partial charge in [0.2, 0.25) is 0 Å². The Labute approximate surface area is 393 Å². The molecule has 1 aromatic heterocycles. The van der Waals surface area contributed by atoms with Crippen LogP contribution in [0.2, 0.25) is 0 Å². The van der Waals surface area contributed by atoms with Crippen molar-refractivity contribution in [2.24, 2.45) is 0 Å². The second kappa shape index (κ2) is 14.7. The number of nitrogens with zero attached hydrogens (tertiary/aromatic N) is 4. The van der Waals surface area contributed by atoms with Crippen LogP contribution >= 0.6 is 0 Å². The van der Waals surface area contributed by atoms with Gasteiger partial charge in [-0.1, -0.05) is 111 Å². The van der Waals surface area contributed by atoms with Crippen molar-refractivity contribution in [3.05, 3.63) is 232 Å². The highest BCUT2D eigenvalue weighted by atomic mass is 15.2. The largest absolute Gasteiger partial charge is 0.310 e. The Bertz CT molecular complexity index is 3500. The molecular weight excluding hydrogens is 813 g/mol. The fourth-order valence-electron chi connectivity index (χ4n) is 12.6. The van der Waals surface area contributed by atoms with E-state index in [4.69, 9.17) is 0 Å². The van der Waals surface area contributed by atoms with E-state index in [1.165, 1.54) is 118 Å². The third-order valence-electron chi connectivity index (χ3n) is 15.8. The summed E-state index contributed by atoms with van der Waals surface area (Å²) in [6.07, 6.45) is 13.2. The third kappa shape index (κ3) is 5.78. The van der Waals surface area contributed by atoms with E-state index in [9.17, 15) is 0 Å². The van der Waals surface area contributed by atoms with Gasteiger partial charge in [0.05, 0.1) is 16.7 Å². The minimum Gasteiger partial charge on any atom is -0.310 e. The first-order valence-electron chi connectivity index (χ1n) is 24.5. The zero-order valence-electron chi connectivity index (χ0n) is 38.3. The molecule has 67 heavy (non-hydrogen) atoms. The minimum atomic E-state index is -0.348. The number of rotatable bonds is 3. The number of anilines is 8. The van der Waals surface area contributed by atoms with Crippen molar-refractivity contribution in [2.75, 3.05) is 14.7 Å². The lowest BCUT2D eigenvalue weighted by Gasteiger charge is -2.37. The fraction of sp³-hybridized carbons (Fsp3) is 0.175. The van der Waals surface area contributed by atoms with Crippen molar-refractivity contribution in [1.82, 2.24) is 4.57 Å². The van der Waals surface area contributed by atoms with E-state index < -0.39 is 0 Å².